The molecule has 5 rings (SSSR count). The van der Waals surface area contributed by atoms with Gasteiger partial charge in [0.2, 0.25) is 20.7 Å². The zero-order valence-corrected chi connectivity index (χ0v) is 16.3. The Morgan fingerprint density at radius 1 is 0.967 bits per heavy atom. The van der Waals surface area contributed by atoms with Gasteiger partial charge in [-0.3, -0.25) is 0 Å². The van der Waals surface area contributed by atoms with E-state index in [2.05, 4.69) is 10.3 Å². The van der Waals surface area contributed by atoms with Crippen LogP contribution in [0.5, 0.6) is 11.5 Å². The molecule has 10 heteroatoms. The predicted molar refractivity (Wildman–Crippen MR) is 103 cm³/mol. The van der Waals surface area contributed by atoms with E-state index in [1.807, 2.05) is 0 Å². The summed E-state index contributed by atoms with van der Waals surface area (Å²) in [5.41, 5.74) is 0. The molecule has 154 valence electrons. The third-order valence-electron chi connectivity index (χ3n) is 4.41. The van der Waals surface area contributed by atoms with Crippen LogP contribution in [0.1, 0.15) is 5.76 Å². The summed E-state index contributed by atoms with van der Waals surface area (Å²) >= 11 is 0. The van der Waals surface area contributed by atoms with E-state index in [1.165, 1.54) is 24.7 Å². The number of nitrogens with zero attached hydrogens (tertiary/aromatic N) is 1. The highest BCUT2D eigenvalue weighted by molar-refractivity contribution is 7.91. The lowest BCUT2D eigenvalue weighted by molar-refractivity contribution is 0.171. The van der Waals surface area contributed by atoms with E-state index >= 15 is 0 Å². The molecule has 4 heterocycles. The molecule has 1 aromatic carbocycles. The Labute approximate surface area is 171 Å². The van der Waals surface area contributed by atoms with Gasteiger partial charge < -0.3 is 28.0 Å². The lowest BCUT2D eigenvalue weighted by Crippen LogP contribution is -2.16. The molecule has 1 aliphatic rings. The Balaban J connectivity index is 1.55. The maximum atomic E-state index is 13.4. The highest BCUT2D eigenvalue weighted by atomic mass is 32.2. The zero-order chi connectivity index (χ0) is 20.6. The number of oxazole rings is 1. The zero-order valence-electron chi connectivity index (χ0n) is 15.5. The molecule has 0 saturated carbocycles. The first kappa shape index (κ1) is 18.4. The monoisotopic (exact) mass is 428 g/mol. The number of aromatic nitrogens is 1. The molecule has 9 nitrogen and oxygen atoms in total. The molecule has 0 spiro atoms. The minimum atomic E-state index is -4.04. The summed E-state index contributed by atoms with van der Waals surface area (Å²) in [7, 11) is -4.04. The van der Waals surface area contributed by atoms with Gasteiger partial charge in [0.05, 0.1) is 24.0 Å². The molecule has 0 amide bonds. The highest BCUT2D eigenvalue weighted by Crippen LogP contribution is 2.37. The third-order valence-corrected chi connectivity index (χ3v) is 6.07. The number of rotatable bonds is 6. The Hall–Kier alpha value is -3.66. The molecule has 1 aliphatic heterocycles. The average Bonchev–Trinajstić information content (AvgIpc) is 3.53. The number of anilines is 1. The molecule has 30 heavy (non-hydrogen) atoms. The molecule has 0 atom stereocenters. The summed E-state index contributed by atoms with van der Waals surface area (Å²) < 4.78 is 54.0. The maximum Gasteiger partial charge on any atom is 0.266 e. The van der Waals surface area contributed by atoms with Gasteiger partial charge in [-0.1, -0.05) is 0 Å². The van der Waals surface area contributed by atoms with Crippen LogP contribution in [-0.2, 0) is 16.4 Å². The largest absolute Gasteiger partial charge is 0.486 e. The molecular weight excluding hydrogens is 412 g/mol. The van der Waals surface area contributed by atoms with Crippen LogP contribution in [0, 0.1) is 0 Å². The van der Waals surface area contributed by atoms with Gasteiger partial charge in [-0.2, -0.15) is 4.98 Å². The SMILES string of the molecule is O=S(=O)(c1ccc2c(c1)OCCO2)c1nc(-c2ccco2)oc1NCc1ccco1. The number of hydrogen-bond donors (Lipinski definition) is 1. The molecule has 0 radical (unpaired) electrons. The van der Waals surface area contributed by atoms with Crippen LogP contribution in [0.3, 0.4) is 0 Å². The number of hydrogen-bond acceptors (Lipinski definition) is 9. The normalized spacial score (nSPS) is 13.3. The van der Waals surface area contributed by atoms with Gasteiger partial charge in [-0.05, 0) is 36.4 Å². The summed E-state index contributed by atoms with van der Waals surface area (Å²) in [4.78, 5) is 4.21. The van der Waals surface area contributed by atoms with Gasteiger partial charge in [-0.25, -0.2) is 8.42 Å². The maximum absolute atomic E-state index is 13.4. The number of benzene rings is 1. The lowest BCUT2D eigenvalue weighted by Gasteiger charge is -2.18. The Kier molecular flexibility index (Phi) is 4.47. The second-order valence-corrected chi connectivity index (χ2v) is 8.24. The molecule has 4 aromatic rings. The first-order valence-electron chi connectivity index (χ1n) is 9.07. The van der Waals surface area contributed by atoms with Gasteiger partial charge >= 0.3 is 0 Å². The molecule has 3 aromatic heterocycles. The van der Waals surface area contributed by atoms with Crippen molar-refractivity contribution in [2.24, 2.45) is 0 Å². The first-order valence-corrected chi connectivity index (χ1v) is 10.6. The average molecular weight is 428 g/mol. The smallest absolute Gasteiger partial charge is 0.266 e. The first-order chi connectivity index (χ1) is 14.6. The van der Waals surface area contributed by atoms with Gasteiger partial charge in [0, 0.05) is 6.07 Å². The Bertz CT molecular complexity index is 1260. The van der Waals surface area contributed by atoms with Crippen LogP contribution >= 0.6 is 0 Å². The predicted octanol–water partition coefficient (Wildman–Crippen LogP) is 3.74. The second-order valence-electron chi connectivity index (χ2n) is 6.37. The lowest BCUT2D eigenvalue weighted by atomic mass is 10.3. The quantitative estimate of drug-likeness (QED) is 0.490. The van der Waals surface area contributed by atoms with E-state index in [9.17, 15) is 8.42 Å². The van der Waals surface area contributed by atoms with Crippen LogP contribution in [-0.4, -0.2) is 26.6 Å². The van der Waals surface area contributed by atoms with E-state index in [0.29, 0.717) is 36.2 Å². The minimum Gasteiger partial charge on any atom is -0.486 e. The molecular formula is C20H16N2O7S. The van der Waals surface area contributed by atoms with Crippen molar-refractivity contribution in [2.45, 2.75) is 16.5 Å². The number of sulfone groups is 1. The summed E-state index contributed by atoms with van der Waals surface area (Å²) in [6.45, 7) is 0.970. The Morgan fingerprint density at radius 3 is 2.53 bits per heavy atom. The van der Waals surface area contributed by atoms with E-state index < -0.39 is 9.84 Å². The standard InChI is InChI=1S/C20H16N2O7S/c23-30(24,14-5-6-15-17(11-14)28-10-9-27-15)20-19(21-12-13-3-1-7-25-13)29-18(22-20)16-4-2-8-26-16/h1-8,11,21H,9-10,12H2. The van der Waals surface area contributed by atoms with Crippen LogP contribution in [0.4, 0.5) is 5.88 Å². The van der Waals surface area contributed by atoms with Crippen molar-refractivity contribution >= 4 is 15.7 Å². The van der Waals surface area contributed by atoms with Crippen molar-refractivity contribution in [3.63, 3.8) is 0 Å². The van der Waals surface area contributed by atoms with Crippen molar-refractivity contribution in [3.8, 4) is 23.1 Å². The summed E-state index contributed by atoms with van der Waals surface area (Å²) in [6.07, 6.45) is 2.98. The van der Waals surface area contributed by atoms with Crippen LogP contribution in [0.25, 0.3) is 11.7 Å². The topological polar surface area (TPSA) is 117 Å². The number of nitrogens with one attached hydrogen (secondary N) is 1. The van der Waals surface area contributed by atoms with Crippen molar-refractivity contribution in [1.29, 1.82) is 0 Å². The van der Waals surface area contributed by atoms with Crippen LogP contribution in [0.2, 0.25) is 0 Å². The van der Waals surface area contributed by atoms with Crippen LogP contribution in [0.15, 0.2) is 78.2 Å². The Morgan fingerprint density at radius 2 is 1.77 bits per heavy atom. The highest BCUT2D eigenvalue weighted by Gasteiger charge is 2.30. The summed E-state index contributed by atoms with van der Waals surface area (Å²) in [5, 5.41) is 2.67. The van der Waals surface area contributed by atoms with Crippen molar-refractivity contribution in [2.75, 3.05) is 18.5 Å². The third kappa shape index (κ3) is 3.30. The minimum absolute atomic E-state index is 0.00657. The van der Waals surface area contributed by atoms with Gasteiger partial charge in [-0.15, -0.1) is 0 Å². The molecule has 0 aliphatic carbocycles. The second kappa shape index (κ2) is 7.30. The van der Waals surface area contributed by atoms with E-state index in [-0.39, 0.29) is 28.2 Å². The molecule has 0 unspecified atom stereocenters. The number of fused-ring (bicyclic) bond motifs is 1. The molecule has 0 fully saturated rings. The fourth-order valence-corrected chi connectivity index (χ4v) is 4.28. The van der Waals surface area contributed by atoms with E-state index in [1.54, 1.807) is 30.3 Å². The van der Waals surface area contributed by atoms with E-state index in [4.69, 9.17) is 22.7 Å². The van der Waals surface area contributed by atoms with E-state index in [0.717, 1.165) is 0 Å². The van der Waals surface area contributed by atoms with Crippen molar-refractivity contribution < 1.29 is 31.1 Å². The fourth-order valence-electron chi connectivity index (χ4n) is 2.99. The molecule has 0 saturated heterocycles. The van der Waals surface area contributed by atoms with Crippen molar-refractivity contribution in [1.82, 2.24) is 4.98 Å². The van der Waals surface area contributed by atoms with Gasteiger partial charge in [0.1, 0.15) is 19.0 Å². The number of furan rings is 2. The number of ether oxygens (including phenoxy) is 2. The van der Waals surface area contributed by atoms with Gasteiger partial charge in [0.25, 0.3) is 5.89 Å². The fraction of sp³-hybridized carbons (Fsp3) is 0.150. The summed E-state index contributed by atoms with van der Waals surface area (Å²) in [5.74, 6) is 1.79. The summed E-state index contributed by atoms with van der Waals surface area (Å²) in [6, 6.07) is 11.2. The molecule has 0 bridgehead atoms. The van der Waals surface area contributed by atoms with Gasteiger partial charge in [0.15, 0.2) is 17.3 Å². The molecule has 1 N–H and O–H groups in total. The van der Waals surface area contributed by atoms with Crippen LogP contribution < -0.4 is 14.8 Å². The van der Waals surface area contributed by atoms with Crippen molar-refractivity contribution in [3.05, 3.63) is 60.8 Å².